The van der Waals surface area contributed by atoms with Crippen LogP contribution in [0.1, 0.15) is 42.3 Å². The zero-order chi connectivity index (χ0) is 27.5. The molecule has 0 aliphatic carbocycles. The summed E-state index contributed by atoms with van der Waals surface area (Å²) in [5.74, 6) is -0.668. The van der Waals surface area contributed by atoms with Gasteiger partial charge in [0, 0.05) is 24.3 Å². The van der Waals surface area contributed by atoms with Gasteiger partial charge in [0.1, 0.15) is 17.2 Å². The van der Waals surface area contributed by atoms with Crippen molar-refractivity contribution in [3.63, 3.8) is 0 Å². The van der Waals surface area contributed by atoms with Crippen molar-refractivity contribution in [2.75, 3.05) is 24.6 Å². The number of rotatable bonds is 11. The van der Waals surface area contributed by atoms with Gasteiger partial charge in [0.25, 0.3) is 11.8 Å². The molecule has 9 heteroatoms. The van der Waals surface area contributed by atoms with Crippen molar-refractivity contribution in [2.24, 2.45) is 5.10 Å². The Labute approximate surface area is 227 Å². The highest BCUT2D eigenvalue weighted by atomic mass is 35.5. The van der Waals surface area contributed by atoms with E-state index in [0.29, 0.717) is 23.5 Å². The summed E-state index contributed by atoms with van der Waals surface area (Å²) >= 11 is 6.18. The first-order chi connectivity index (χ1) is 18.4. The summed E-state index contributed by atoms with van der Waals surface area (Å²) in [5.41, 5.74) is 4.71. The summed E-state index contributed by atoms with van der Waals surface area (Å²) in [6.45, 7) is 8.22. The number of carbonyl (C=O) groups is 2. The van der Waals surface area contributed by atoms with Gasteiger partial charge in [-0.3, -0.25) is 9.59 Å². The molecule has 3 rings (SSSR count). The second-order valence-corrected chi connectivity index (χ2v) is 8.52. The van der Waals surface area contributed by atoms with Crippen LogP contribution in [0.4, 0.5) is 5.69 Å². The van der Waals surface area contributed by atoms with Gasteiger partial charge in [-0.1, -0.05) is 35.9 Å². The maximum absolute atomic E-state index is 13.1. The lowest BCUT2D eigenvalue weighted by Gasteiger charge is -2.21. The summed E-state index contributed by atoms with van der Waals surface area (Å²) in [6.07, 6.45) is 2.85. The smallest absolute Gasteiger partial charge is 0.287 e. The number of nitrogens with one attached hydrogen (secondary N) is 2. The molecule has 0 unspecified atom stereocenters. The minimum atomic E-state index is -0.657. The van der Waals surface area contributed by atoms with E-state index in [-0.39, 0.29) is 22.0 Å². The Bertz CT molecular complexity index is 1320. The Morgan fingerprint density at radius 2 is 1.74 bits per heavy atom. The predicted molar refractivity (Wildman–Crippen MR) is 152 cm³/mol. The van der Waals surface area contributed by atoms with E-state index in [1.54, 1.807) is 42.5 Å². The van der Waals surface area contributed by atoms with Gasteiger partial charge in [0.15, 0.2) is 0 Å². The summed E-state index contributed by atoms with van der Waals surface area (Å²) in [7, 11) is 0. The molecular weight excluding hydrogens is 504 g/mol. The van der Waals surface area contributed by atoms with Crippen molar-refractivity contribution in [2.45, 2.75) is 20.8 Å². The fourth-order valence-corrected chi connectivity index (χ4v) is 3.86. The van der Waals surface area contributed by atoms with Gasteiger partial charge in [0.2, 0.25) is 0 Å². The number of amides is 2. The molecular formula is C29H31ClN4O4. The third kappa shape index (κ3) is 7.60. The maximum Gasteiger partial charge on any atom is 0.287 e. The molecule has 0 aromatic heterocycles. The molecule has 0 spiro atoms. The van der Waals surface area contributed by atoms with E-state index in [1.165, 1.54) is 12.3 Å². The second kappa shape index (κ2) is 13.9. The van der Waals surface area contributed by atoms with E-state index < -0.39 is 11.8 Å². The summed E-state index contributed by atoms with van der Waals surface area (Å²) in [6, 6.07) is 18.9. The number of aromatic hydroxyl groups is 1. The van der Waals surface area contributed by atoms with Gasteiger partial charge in [-0.05, 0) is 74.9 Å². The molecule has 3 aromatic rings. The fraction of sp³-hybridized carbons (Fsp3) is 0.207. The lowest BCUT2D eigenvalue weighted by Crippen LogP contribution is -2.33. The van der Waals surface area contributed by atoms with E-state index in [9.17, 15) is 14.7 Å². The van der Waals surface area contributed by atoms with Crippen molar-refractivity contribution in [1.82, 2.24) is 10.7 Å². The first-order valence-electron chi connectivity index (χ1n) is 12.3. The minimum Gasteiger partial charge on any atom is -0.507 e. The topological polar surface area (TPSA) is 103 Å². The van der Waals surface area contributed by atoms with Crippen LogP contribution in [0.15, 0.2) is 77.5 Å². The van der Waals surface area contributed by atoms with Crippen molar-refractivity contribution in [3.8, 4) is 11.5 Å². The Morgan fingerprint density at radius 3 is 2.39 bits per heavy atom. The third-order valence-electron chi connectivity index (χ3n) is 5.62. The number of halogens is 1. The molecule has 0 saturated heterocycles. The first-order valence-corrected chi connectivity index (χ1v) is 12.7. The van der Waals surface area contributed by atoms with E-state index in [1.807, 2.05) is 31.2 Å². The molecule has 2 amide bonds. The average molecular weight is 535 g/mol. The van der Waals surface area contributed by atoms with Crippen molar-refractivity contribution in [1.29, 1.82) is 0 Å². The number of benzene rings is 3. The van der Waals surface area contributed by atoms with Gasteiger partial charge in [0.05, 0.1) is 23.4 Å². The number of nitrogens with zero attached hydrogens (tertiary/aromatic N) is 2. The molecule has 0 aliphatic heterocycles. The van der Waals surface area contributed by atoms with Crippen LogP contribution in [0.3, 0.4) is 0 Å². The van der Waals surface area contributed by atoms with E-state index >= 15 is 0 Å². The number of hydrazone groups is 1. The Hall–Kier alpha value is -4.30. The molecule has 0 aliphatic rings. The van der Waals surface area contributed by atoms with Crippen LogP contribution in [0.2, 0.25) is 5.02 Å². The molecule has 8 nitrogen and oxygen atoms in total. The van der Waals surface area contributed by atoms with Gasteiger partial charge in [-0.15, -0.1) is 0 Å². The Balaban J connectivity index is 1.86. The highest BCUT2D eigenvalue weighted by Crippen LogP contribution is 2.22. The van der Waals surface area contributed by atoms with E-state index in [4.69, 9.17) is 16.3 Å². The third-order valence-corrected chi connectivity index (χ3v) is 5.95. The quantitative estimate of drug-likeness (QED) is 0.178. The number of anilines is 1. The summed E-state index contributed by atoms with van der Waals surface area (Å²) < 4.78 is 5.44. The predicted octanol–water partition coefficient (Wildman–Crippen LogP) is 5.21. The van der Waals surface area contributed by atoms with Crippen LogP contribution in [-0.2, 0) is 4.79 Å². The standard InChI is InChI=1S/C29H31ClN4O4/c1-4-34(5-2)22-13-11-20(12-14-22)17-26(32-28(36)24-9-7-8-10-25(24)30)29(37)33-31-19-21-18-23(38-6-3)15-16-27(21)35/h7-19,35H,4-6H2,1-3H3,(H,32,36)(H,33,37)/b26-17+,31-19-. The number of hydrogen-bond acceptors (Lipinski definition) is 6. The molecule has 3 N–H and O–H groups in total. The molecule has 0 atom stereocenters. The van der Waals surface area contributed by atoms with E-state index in [2.05, 4.69) is 34.6 Å². The first kappa shape index (κ1) is 28.3. The van der Waals surface area contributed by atoms with Gasteiger partial charge < -0.3 is 20.1 Å². The number of carbonyl (C=O) groups excluding carboxylic acids is 2. The molecule has 38 heavy (non-hydrogen) atoms. The molecule has 0 heterocycles. The number of hydrogen-bond donors (Lipinski definition) is 3. The van der Waals surface area contributed by atoms with Crippen molar-refractivity contribution < 1.29 is 19.4 Å². The summed E-state index contributed by atoms with van der Waals surface area (Å²) in [5, 5.41) is 17.0. The zero-order valence-corrected chi connectivity index (χ0v) is 22.3. The highest BCUT2D eigenvalue weighted by Gasteiger charge is 2.16. The van der Waals surface area contributed by atoms with Crippen LogP contribution in [0, 0.1) is 0 Å². The van der Waals surface area contributed by atoms with Crippen LogP contribution < -0.4 is 20.4 Å². The van der Waals surface area contributed by atoms with Crippen LogP contribution in [0.5, 0.6) is 11.5 Å². The molecule has 198 valence electrons. The molecule has 0 fully saturated rings. The molecule has 3 aromatic carbocycles. The Morgan fingerprint density at radius 1 is 1.03 bits per heavy atom. The van der Waals surface area contributed by atoms with Crippen LogP contribution >= 0.6 is 11.6 Å². The average Bonchev–Trinajstić information content (AvgIpc) is 2.92. The normalized spacial score (nSPS) is 11.3. The van der Waals surface area contributed by atoms with Gasteiger partial charge in [-0.2, -0.15) is 5.10 Å². The summed E-state index contributed by atoms with van der Waals surface area (Å²) in [4.78, 5) is 28.2. The zero-order valence-electron chi connectivity index (χ0n) is 21.6. The van der Waals surface area contributed by atoms with Crippen molar-refractivity contribution in [3.05, 3.63) is 94.1 Å². The minimum absolute atomic E-state index is 0.0254. The second-order valence-electron chi connectivity index (χ2n) is 8.11. The number of phenols is 1. The highest BCUT2D eigenvalue weighted by molar-refractivity contribution is 6.34. The lowest BCUT2D eigenvalue weighted by atomic mass is 10.1. The molecule has 0 radical (unpaired) electrons. The van der Waals surface area contributed by atoms with Gasteiger partial charge in [-0.25, -0.2) is 5.43 Å². The SMILES string of the molecule is CCOc1ccc(O)c(/C=N\NC(=O)/C(=C\c2ccc(N(CC)CC)cc2)NC(=O)c2ccccc2Cl)c1. The van der Waals surface area contributed by atoms with Gasteiger partial charge >= 0.3 is 0 Å². The Kier molecular flexibility index (Phi) is 10.3. The number of ether oxygens (including phenoxy) is 1. The van der Waals surface area contributed by atoms with Crippen LogP contribution in [0.25, 0.3) is 6.08 Å². The maximum atomic E-state index is 13.1. The van der Waals surface area contributed by atoms with E-state index in [0.717, 1.165) is 18.8 Å². The number of phenolic OH excluding ortho intramolecular Hbond substituents is 1. The van der Waals surface area contributed by atoms with Crippen molar-refractivity contribution >= 4 is 41.4 Å². The molecule has 0 saturated carbocycles. The van der Waals surface area contributed by atoms with Crippen LogP contribution in [-0.4, -0.2) is 42.8 Å². The fourth-order valence-electron chi connectivity index (χ4n) is 3.64. The largest absolute Gasteiger partial charge is 0.507 e. The molecule has 0 bridgehead atoms. The monoisotopic (exact) mass is 534 g/mol. The lowest BCUT2D eigenvalue weighted by molar-refractivity contribution is -0.117.